The average molecular weight is 217 g/mol. The van der Waals surface area contributed by atoms with Crippen molar-refractivity contribution in [3.63, 3.8) is 0 Å². The number of carbonyl (C=O) groups is 2. The van der Waals surface area contributed by atoms with E-state index in [9.17, 15) is 9.59 Å². The van der Waals surface area contributed by atoms with Gasteiger partial charge in [0.05, 0.1) is 0 Å². The SMILES string of the molecule is O=CN[C@@H](Cc1ccccc1)C(=O)O.[NaH]. The van der Waals surface area contributed by atoms with Gasteiger partial charge in [0.1, 0.15) is 6.04 Å². The minimum absolute atomic E-state index is 0. The van der Waals surface area contributed by atoms with E-state index in [4.69, 9.17) is 5.11 Å². The summed E-state index contributed by atoms with van der Waals surface area (Å²) in [6, 6.07) is 8.30. The third kappa shape index (κ3) is 4.97. The molecule has 5 heteroatoms. The van der Waals surface area contributed by atoms with Crippen molar-refractivity contribution in [2.75, 3.05) is 0 Å². The molecule has 1 aromatic carbocycles. The van der Waals surface area contributed by atoms with Gasteiger partial charge in [-0.15, -0.1) is 0 Å². The molecular formula is C10H12NNaO3. The first kappa shape index (κ1) is 14.2. The van der Waals surface area contributed by atoms with E-state index in [1.807, 2.05) is 30.3 Å². The number of nitrogens with one attached hydrogen (secondary N) is 1. The molecule has 76 valence electrons. The Hall–Kier alpha value is -0.840. The molecule has 0 saturated heterocycles. The van der Waals surface area contributed by atoms with Crippen molar-refractivity contribution in [3.05, 3.63) is 35.9 Å². The molecule has 1 amide bonds. The zero-order valence-electron chi connectivity index (χ0n) is 7.51. The van der Waals surface area contributed by atoms with Crippen molar-refractivity contribution in [3.8, 4) is 0 Å². The fourth-order valence-corrected chi connectivity index (χ4v) is 1.15. The maximum absolute atomic E-state index is 10.7. The summed E-state index contributed by atoms with van der Waals surface area (Å²) < 4.78 is 0. The third-order valence-electron chi connectivity index (χ3n) is 1.85. The molecule has 1 atom stereocenters. The number of carbonyl (C=O) groups excluding carboxylic acids is 1. The molecule has 0 aromatic heterocycles. The van der Waals surface area contributed by atoms with Crippen LogP contribution in [0.25, 0.3) is 0 Å². The molecule has 2 N–H and O–H groups in total. The van der Waals surface area contributed by atoms with Gasteiger partial charge >= 0.3 is 35.5 Å². The van der Waals surface area contributed by atoms with Crippen molar-refractivity contribution >= 4 is 41.9 Å². The molecule has 4 nitrogen and oxygen atoms in total. The molecule has 0 aliphatic rings. The van der Waals surface area contributed by atoms with E-state index in [1.54, 1.807) is 0 Å². The predicted octanol–water partition coefficient (Wildman–Crippen LogP) is -0.220. The average Bonchev–Trinajstić information content (AvgIpc) is 2.18. The van der Waals surface area contributed by atoms with Crippen LogP contribution in [0.4, 0.5) is 0 Å². The first-order valence-electron chi connectivity index (χ1n) is 4.20. The number of hydrogen-bond acceptors (Lipinski definition) is 2. The van der Waals surface area contributed by atoms with Gasteiger partial charge in [-0.05, 0) is 5.56 Å². The summed E-state index contributed by atoms with van der Waals surface area (Å²) in [6.45, 7) is 0. The molecular weight excluding hydrogens is 205 g/mol. The zero-order chi connectivity index (χ0) is 10.4. The number of benzene rings is 1. The van der Waals surface area contributed by atoms with Crippen molar-refractivity contribution in [1.29, 1.82) is 0 Å². The van der Waals surface area contributed by atoms with Gasteiger partial charge in [0.2, 0.25) is 6.41 Å². The molecule has 0 radical (unpaired) electrons. The number of amides is 1. The summed E-state index contributed by atoms with van der Waals surface area (Å²) in [5.41, 5.74) is 0.884. The van der Waals surface area contributed by atoms with Gasteiger partial charge in [0, 0.05) is 6.42 Å². The Balaban J connectivity index is 0.00000196. The summed E-state index contributed by atoms with van der Waals surface area (Å²) in [7, 11) is 0. The Morgan fingerprint density at radius 2 is 2.00 bits per heavy atom. The summed E-state index contributed by atoms with van der Waals surface area (Å²) >= 11 is 0. The second kappa shape index (κ2) is 7.45. The first-order valence-corrected chi connectivity index (χ1v) is 4.20. The molecule has 0 spiro atoms. The van der Waals surface area contributed by atoms with Gasteiger partial charge in [-0.2, -0.15) is 0 Å². The van der Waals surface area contributed by atoms with Crippen LogP contribution in [0.2, 0.25) is 0 Å². The molecule has 0 aliphatic heterocycles. The van der Waals surface area contributed by atoms with E-state index in [1.165, 1.54) is 0 Å². The van der Waals surface area contributed by atoms with E-state index in [0.717, 1.165) is 5.56 Å². The normalized spacial score (nSPS) is 10.9. The number of rotatable bonds is 5. The molecule has 0 heterocycles. The van der Waals surface area contributed by atoms with Crippen LogP contribution in [0, 0.1) is 0 Å². The number of hydrogen-bond donors (Lipinski definition) is 2. The van der Waals surface area contributed by atoms with Crippen LogP contribution in [0.5, 0.6) is 0 Å². The summed E-state index contributed by atoms with van der Waals surface area (Å²) in [5, 5.41) is 11.0. The zero-order valence-corrected chi connectivity index (χ0v) is 7.51. The Bertz CT molecular complexity index is 316. The van der Waals surface area contributed by atoms with E-state index >= 15 is 0 Å². The molecule has 1 rings (SSSR count). The quantitative estimate of drug-likeness (QED) is 0.529. The summed E-state index contributed by atoms with van der Waals surface area (Å²) in [6.07, 6.45) is 0.705. The van der Waals surface area contributed by atoms with Crippen LogP contribution < -0.4 is 5.32 Å². The second-order valence-electron chi connectivity index (χ2n) is 2.87. The number of carboxylic acids is 1. The van der Waals surface area contributed by atoms with E-state index in [0.29, 0.717) is 12.8 Å². The number of aliphatic carboxylic acids is 1. The van der Waals surface area contributed by atoms with Crippen LogP contribution in [-0.4, -0.2) is 53.1 Å². The van der Waals surface area contributed by atoms with Crippen LogP contribution in [0.1, 0.15) is 5.56 Å². The second-order valence-corrected chi connectivity index (χ2v) is 2.87. The Labute approximate surface area is 110 Å². The van der Waals surface area contributed by atoms with Crippen molar-refractivity contribution in [2.45, 2.75) is 12.5 Å². The molecule has 0 saturated carbocycles. The van der Waals surface area contributed by atoms with Gasteiger partial charge in [0.15, 0.2) is 0 Å². The van der Waals surface area contributed by atoms with Gasteiger partial charge in [-0.3, -0.25) is 4.79 Å². The van der Waals surface area contributed by atoms with Crippen molar-refractivity contribution in [2.24, 2.45) is 0 Å². The fraction of sp³-hybridized carbons (Fsp3) is 0.200. The standard InChI is InChI=1S/C10H11NO3.Na.H/c12-7-11-9(10(13)14)6-8-4-2-1-3-5-8;;/h1-5,7,9H,6H2,(H,11,12)(H,13,14);;/t9-;;/m0../s1. The molecule has 0 aliphatic carbocycles. The van der Waals surface area contributed by atoms with Crippen LogP contribution in [-0.2, 0) is 16.0 Å². The van der Waals surface area contributed by atoms with Gasteiger partial charge in [-0.1, -0.05) is 30.3 Å². The first-order chi connectivity index (χ1) is 6.74. The van der Waals surface area contributed by atoms with Crippen molar-refractivity contribution < 1.29 is 14.7 Å². The fourth-order valence-electron chi connectivity index (χ4n) is 1.15. The van der Waals surface area contributed by atoms with Gasteiger partial charge in [0.25, 0.3) is 0 Å². The Morgan fingerprint density at radius 3 is 2.47 bits per heavy atom. The molecule has 15 heavy (non-hydrogen) atoms. The van der Waals surface area contributed by atoms with Crippen molar-refractivity contribution in [1.82, 2.24) is 5.32 Å². The molecule has 0 fully saturated rings. The summed E-state index contributed by atoms with van der Waals surface area (Å²) in [5.74, 6) is -1.03. The predicted molar refractivity (Wildman–Crippen MR) is 57.9 cm³/mol. The van der Waals surface area contributed by atoms with Gasteiger partial charge < -0.3 is 10.4 Å². The molecule has 0 bridgehead atoms. The van der Waals surface area contributed by atoms with E-state index in [2.05, 4.69) is 5.32 Å². The van der Waals surface area contributed by atoms with Crippen LogP contribution in [0.3, 0.4) is 0 Å². The molecule has 1 aromatic rings. The summed E-state index contributed by atoms with van der Waals surface area (Å²) in [4.78, 5) is 20.8. The molecule has 0 unspecified atom stereocenters. The third-order valence-corrected chi connectivity index (χ3v) is 1.85. The topological polar surface area (TPSA) is 66.4 Å². The number of carboxylic acid groups (broad SMARTS) is 1. The van der Waals surface area contributed by atoms with Crippen LogP contribution >= 0.6 is 0 Å². The minimum atomic E-state index is -1.03. The Morgan fingerprint density at radius 1 is 1.40 bits per heavy atom. The van der Waals surface area contributed by atoms with E-state index < -0.39 is 12.0 Å². The van der Waals surface area contributed by atoms with Gasteiger partial charge in [-0.25, -0.2) is 4.79 Å². The maximum atomic E-state index is 10.7. The van der Waals surface area contributed by atoms with E-state index in [-0.39, 0.29) is 29.6 Å². The monoisotopic (exact) mass is 217 g/mol. The Kier molecular flexibility index (Phi) is 7.03. The van der Waals surface area contributed by atoms with Crippen LogP contribution in [0.15, 0.2) is 30.3 Å².